The molecule has 122 valence electrons. The zero-order valence-electron chi connectivity index (χ0n) is 13.5. The second-order valence-electron chi connectivity index (χ2n) is 6.46. The van der Waals surface area contributed by atoms with E-state index >= 15 is 0 Å². The number of benzene rings is 1. The summed E-state index contributed by atoms with van der Waals surface area (Å²) in [5.41, 5.74) is 0.974. The van der Waals surface area contributed by atoms with Gasteiger partial charge in [-0.25, -0.2) is 4.79 Å². The Bertz CT molecular complexity index is 630. The normalized spacial score (nSPS) is 25.2. The van der Waals surface area contributed by atoms with Crippen LogP contribution in [-0.4, -0.2) is 28.7 Å². The first-order chi connectivity index (χ1) is 11.0. The maximum Gasteiger partial charge on any atom is 0.334 e. The molecule has 1 aromatic carbocycles. The van der Waals surface area contributed by atoms with Crippen molar-refractivity contribution in [2.45, 2.75) is 45.6 Å². The van der Waals surface area contributed by atoms with E-state index in [2.05, 4.69) is 0 Å². The first-order valence-electron chi connectivity index (χ1n) is 8.14. The molecule has 1 saturated heterocycles. The number of aryl methyl sites for hydroxylation is 1. The maximum atomic E-state index is 12.5. The Hall–Kier alpha value is -2.17. The van der Waals surface area contributed by atoms with Crippen LogP contribution in [0.25, 0.3) is 0 Å². The Morgan fingerprint density at radius 2 is 1.78 bits per heavy atom. The lowest BCUT2D eigenvalue weighted by atomic mass is 9.81. The van der Waals surface area contributed by atoms with E-state index in [1.54, 1.807) is 25.1 Å². The number of rotatable bonds is 3. The van der Waals surface area contributed by atoms with Crippen LogP contribution in [0.5, 0.6) is 5.75 Å². The van der Waals surface area contributed by atoms with Gasteiger partial charge >= 0.3 is 5.97 Å². The summed E-state index contributed by atoms with van der Waals surface area (Å²) in [5.74, 6) is -1.06. The molecule has 2 amide bonds. The van der Waals surface area contributed by atoms with E-state index in [0.717, 1.165) is 36.1 Å². The van der Waals surface area contributed by atoms with Crippen LogP contribution in [0, 0.1) is 18.8 Å². The molecule has 2 aliphatic rings. The molecule has 0 aromatic heterocycles. The largest absolute Gasteiger partial charge is 0.425 e. The number of nitrogens with zero attached hydrogens (tertiary/aromatic N) is 1. The predicted octanol–water partition coefficient (Wildman–Crippen LogP) is 2.46. The van der Waals surface area contributed by atoms with Gasteiger partial charge in [0.15, 0.2) is 0 Å². The molecule has 5 heteroatoms. The molecule has 0 bridgehead atoms. The van der Waals surface area contributed by atoms with Gasteiger partial charge in [0.05, 0.1) is 11.8 Å². The lowest BCUT2D eigenvalue weighted by Crippen LogP contribution is -2.45. The van der Waals surface area contributed by atoms with Gasteiger partial charge in [-0.3, -0.25) is 14.5 Å². The van der Waals surface area contributed by atoms with Crippen LogP contribution < -0.4 is 4.74 Å². The van der Waals surface area contributed by atoms with Crippen LogP contribution >= 0.6 is 0 Å². The summed E-state index contributed by atoms with van der Waals surface area (Å²) in [6.07, 6.45) is 3.42. The summed E-state index contributed by atoms with van der Waals surface area (Å²) < 4.78 is 5.33. The predicted molar refractivity (Wildman–Crippen MR) is 83.6 cm³/mol. The molecule has 23 heavy (non-hydrogen) atoms. The molecule has 3 unspecified atom stereocenters. The van der Waals surface area contributed by atoms with Crippen molar-refractivity contribution in [2.24, 2.45) is 11.8 Å². The smallest absolute Gasteiger partial charge is 0.334 e. The number of imide groups is 1. The van der Waals surface area contributed by atoms with Crippen LogP contribution in [0.1, 0.15) is 38.2 Å². The molecular formula is C18H21NO4. The monoisotopic (exact) mass is 315 g/mol. The van der Waals surface area contributed by atoms with Crippen molar-refractivity contribution in [3.05, 3.63) is 29.8 Å². The van der Waals surface area contributed by atoms with Crippen molar-refractivity contribution in [3.8, 4) is 5.75 Å². The van der Waals surface area contributed by atoms with Gasteiger partial charge in [0.25, 0.3) is 0 Å². The Morgan fingerprint density at radius 3 is 2.35 bits per heavy atom. The minimum absolute atomic E-state index is 0.214. The molecule has 2 fully saturated rings. The highest BCUT2D eigenvalue weighted by atomic mass is 16.5. The van der Waals surface area contributed by atoms with E-state index in [0.29, 0.717) is 5.75 Å². The maximum absolute atomic E-state index is 12.5. The second kappa shape index (κ2) is 6.14. The Labute approximate surface area is 135 Å². The van der Waals surface area contributed by atoms with E-state index in [1.165, 1.54) is 0 Å². The van der Waals surface area contributed by atoms with Crippen LogP contribution in [0.4, 0.5) is 0 Å². The highest BCUT2D eigenvalue weighted by Gasteiger charge is 2.51. The molecule has 3 rings (SSSR count). The number of hydrogen-bond acceptors (Lipinski definition) is 4. The average Bonchev–Trinajstić information content (AvgIpc) is 2.79. The lowest BCUT2D eigenvalue weighted by molar-refractivity contribution is -0.152. The van der Waals surface area contributed by atoms with Crippen molar-refractivity contribution in [2.75, 3.05) is 0 Å². The van der Waals surface area contributed by atoms with Gasteiger partial charge in [-0.15, -0.1) is 0 Å². The third kappa shape index (κ3) is 2.87. The first kappa shape index (κ1) is 15.7. The van der Waals surface area contributed by atoms with Gasteiger partial charge in [0.2, 0.25) is 11.8 Å². The molecular weight excluding hydrogens is 294 g/mol. The van der Waals surface area contributed by atoms with Crippen molar-refractivity contribution in [1.82, 2.24) is 4.90 Å². The number of fused-ring (bicyclic) bond motifs is 1. The number of hydrogen-bond donors (Lipinski definition) is 0. The van der Waals surface area contributed by atoms with Gasteiger partial charge in [-0.1, -0.05) is 25.0 Å². The zero-order valence-corrected chi connectivity index (χ0v) is 13.5. The Morgan fingerprint density at radius 1 is 1.17 bits per heavy atom. The summed E-state index contributed by atoms with van der Waals surface area (Å²) >= 11 is 0. The molecule has 0 N–H and O–H groups in total. The molecule has 1 aliphatic heterocycles. The zero-order chi connectivity index (χ0) is 16.6. The van der Waals surface area contributed by atoms with Crippen molar-refractivity contribution in [3.63, 3.8) is 0 Å². The molecule has 1 heterocycles. The Kier molecular flexibility index (Phi) is 4.20. The van der Waals surface area contributed by atoms with Crippen LogP contribution in [0.2, 0.25) is 0 Å². The van der Waals surface area contributed by atoms with E-state index in [-0.39, 0.29) is 23.7 Å². The number of carbonyl (C=O) groups is 3. The van der Waals surface area contributed by atoms with Crippen LogP contribution in [0.3, 0.4) is 0 Å². The SMILES string of the molecule is Cc1cccc(OC(=O)C(C)N2C(=O)C3CCCCC3C2=O)c1. The van der Waals surface area contributed by atoms with E-state index in [9.17, 15) is 14.4 Å². The summed E-state index contributed by atoms with van der Waals surface area (Å²) in [6, 6.07) is 6.24. The van der Waals surface area contributed by atoms with E-state index < -0.39 is 12.0 Å². The molecule has 0 radical (unpaired) electrons. The minimum Gasteiger partial charge on any atom is -0.425 e. The second-order valence-corrected chi connectivity index (χ2v) is 6.46. The number of amides is 2. The van der Waals surface area contributed by atoms with E-state index in [1.807, 2.05) is 13.0 Å². The molecule has 0 spiro atoms. The van der Waals surface area contributed by atoms with Crippen molar-refractivity contribution in [1.29, 1.82) is 0 Å². The molecule has 1 aromatic rings. The molecule has 1 aliphatic carbocycles. The van der Waals surface area contributed by atoms with E-state index in [4.69, 9.17) is 4.74 Å². The summed E-state index contributed by atoms with van der Waals surface area (Å²) in [5, 5.41) is 0. The van der Waals surface area contributed by atoms with Crippen LogP contribution in [0.15, 0.2) is 24.3 Å². The highest BCUT2D eigenvalue weighted by molar-refractivity contribution is 6.07. The number of esters is 1. The quantitative estimate of drug-likeness (QED) is 0.488. The summed E-state index contributed by atoms with van der Waals surface area (Å²) in [6.45, 7) is 3.46. The molecule has 1 saturated carbocycles. The average molecular weight is 315 g/mol. The van der Waals surface area contributed by atoms with Crippen molar-refractivity contribution >= 4 is 17.8 Å². The van der Waals surface area contributed by atoms with Gasteiger partial charge in [-0.05, 0) is 44.4 Å². The highest BCUT2D eigenvalue weighted by Crippen LogP contribution is 2.38. The lowest BCUT2D eigenvalue weighted by Gasteiger charge is -2.21. The number of likely N-dealkylation sites (tertiary alicyclic amines) is 1. The van der Waals surface area contributed by atoms with Gasteiger partial charge in [-0.2, -0.15) is 0 Å². The standard InChI is InChI=1S/C18H21NO4/c1-11-6-5-7-13(10-11)23-18(22)12(2)19-16(20)14-8-3-4-9-15(14)17(19)21/h5-7,10,12,14-15H,3-4,8-9H2,1-2H3. The minimum atomic E-state index is -0.888. The number of ether oxygens (including phenoxy) is 1. The topological polar surface area (TPSA) is 63.7 Å². The third-order valence-corrected chi connectivity index (χ3v) is 4.81. The summed E-state index contributed by atoms with van der Waals surface area (Å²) in [4.78, 5) is 38.5. The fourth-order valence-electron chi connectivity index (χ4n) is 3.56. The molecule has 3 atom stereocenters. The van der Waals surface area contributed by atoms with Crippen LogP contribution in [-0.2, 0) is 14.4 Å². The number of carbonyl (C=O) groups excluding carboxylic acids is 3. The third-order valence-electron chi connectivity index (χ3n) is 4.81. The summed E-state index contributed by atoms with van der Waals surface area (Å²) in [7, 11) is 0. The molecule has 5 nitrogen and oxygen atoms in total. The van der Waals surface area contributed by atoms with Gasteiger partial charge in [0, 0.05) is 0 Å². The fourth-order valence-corrected chi connectivity index (χ4v) is 3.56. The van der Waals surface area contributed by atoms with Gasteiger partial charge < -0.3 is 4.74 Å². The fraction of sp³-hybridized carbons (Fsp3) is 0.500. The first-order valence-corrected chi connectivity index (χ1v) is 8.14. The van der Waals surface area contributed by atoms with Crippen molar-refractivity contribution < 1.29 is 19.1 Å². The van der Waals surface area contributed by atoms with Gasteiger partial charge in [0.1, 0.15) is 11.8 Å². The Balaban J connectivity index is 1.74.